The van der Waals surface area contributed by atoms with Crippen molar-refractivity contribution in [2.45, 2.75) is 6.92 Å². The molecule has 0 aromatic rings. The third kappa shape index (κ3) is 3.40. The largest absolute Gasteiger partial charge is 0.388 e. The average molecular weight is 112 g/mol. The summed E-state index contributed by atoms with van der Waals surface area (Å²) >= 11 is 0. The second kappa shape index (κ2) is 4.37. The highest BCUT2D eigenvalue weighted by Crippen LogP contribution is 1.80. The molecule has 0 spiro atoms. The average Bonchev–Trinajstić information content (AvgIpc) is 1.68. The quantitative estimate of drug-likeness (QED) is 0.535. The third-order valence-electron chi connectivity index (χ3n) is 0.729. The molecule has 1 N–H and O–H groups in total. The number of rotatable bonds is 4. The van der Waals surface area contributed by atoms with Crippen molar-refractivity contribution in [3.8, 4) is 0 Å². The molecular formula is C6H12N2. The van der Waals surface area contributed by atoms with Gasteiger partial charge in [0.25, 0.3) is 0 Å². The van der Waals surface area contributed by atoms with Gasteiger partial charge in [0.05, 0.1) is 6.54 Å². The van der Waals surface area contributed by atoms with Gasteiger partial charge in [0.2, 0.25) is 0 Å². The third-order valence-corrected chi connectivity index (χ3v) is 0.729. The molecule has 46 valence electrons. The Hall–Kier alpha value is -0.790. The van der Waals surface area contributed by atoms with Gasteiger partial charge in [0, 0.05) is 12.2 Å². The Morgan fingerprint density at radius 2 is 2.38 bits per heavy atom. The minimum absolute atomic E-state index is 0.619. The van der Waals surface area contributed by atoms with E-state index in [4.69, 9.17) is 0 Å². The van der Waals surface area contributed by atoms with Crippen LogP contribution < -0.4 is 5.32 Å². The highest BCUT2D eigenvalue weighted by Gasteiger charge is 1.83. The Bertz CT molecular complexity index is 86.5. The zero-order chi connectivity index (χ0) is 6.41. The Morgan fingerprint density at radius 1 is 1.75 bits per heavy atom. The fraction of sp³-hybridized carbons (Fsp3) is 0.500. The van der Waals surface area contributed by atoms with Gasteiger partial charge in [-0.05, 0) is 13.6 Å². The van der Waals surface area contributed by atoms with E-state index in [1.165, 1.54) is 0 Å². The number of hydrogen-bond donors (Lipinski definition) is 1. The first-order valence-corrected chi connectivity index (χ1v) is 2.65. The van der Waals surface area contributed by atoms with E-state index in [-0.39, 0.29) is 0 Å². The first-order chi connectivity index (χ1) is 3.81. The number of likely N-dealkylation sites (N-methyl/N-ethyl adjacent to an activating group) is 1. The van der Waals surface area contributed by atoms with Gasteiger partial charge in [-0.1, -0.05) is 6.58 Å². The lowest BCUT2D eigenvalue weighted by molar-refractivity contribution is 0.830. The summed E-state index contributed by atoms with van der Waals surface area (Å²) in [5.41, 5.74) is 0.933. The van der Waals surface area contributed by atoms with Crippen molar-refractivity contribution in [1.29, 1.82) is 0 Å². The van der Waals surface area contributed by atoms with Crippen LogP contribution in [0.2, 0.25) is 0 Å². The zero-order valence-corrected chi connectivity index (χ0v) is 5.28. The van der Waals surface area contributed by atoms with Crippen LogP contribution >= 0.6 is 0 Å². The van der Waals surface area contributed by atoms with Crippen LogP contribution in [0, 0.1) is 0 Å². The van der Waals surface area contributed by atoms with E-state index in [0.29, 0.717) is 6.54 Å². The van der Waals surface area contributed by atoms with E-state index < -0.39 is 0 Å². The first-order valence-electron chi connectivity index (χ1n) is 2.65. The minimum Gasteiger partial charge on any atom is -0.388 e. The number of hydrogen-bond acceptors (Lipinski definition) is 2. The van der Waals surface area contributed by atoms with Crippen LogP contribution in [0.1, 0.15) is 6.92 Å². The smallest absolute Gasteiger partial charge is 0.0773 e. The normalized spacial score (nSPS) is 8.12. The van der Waals surface area contributed by atoms with Crippen LogP contribution in [0.5, 0.6) is 0 Å². The maximum Gasteiger partial charge on any atom is 0.0773 e. The maximum absolute atomic E-state index is 3.69. The summed E-state index contributed by atoms with van der Waals surface area (Å²) in [5.74, 6) is 0. The Balaban J connectivity index is 3.18. The summed E-state index contributed by atoms with van der Waals surface area (Å²) in [5, 5.41) is 3.02. The molecule has 0 fully saturated rings. The lowest BCUT2D eigenvalue weighted by Crippen LogP contribution is -2.12. The van der Waals surface area contributed by atoms with Crippen LogP contribution in [0.25, 0.3) is 0 Å². The molecule has 0 rings (SSSR count). The monoisotopic (exact) mass is 112 g/mol. The van der Waals surface area contributed by atoms with Gasteiger partial charge in [0.15, 0.2) is 0 Å². The predicted octanol–water partition coefficient (Wildman–Crippen LogP) is 0.810. The van der Waals surface area contributed by atoms with Crippen molar-refractivity contribution in [2.24, 2.45) is 4.99 Å². The molecule has 0 aliphatic carbocycles. The molecule has 0 aliphatic heterocycles. The van der Waals surface area contributed by atoms with Crippen molar-refractivity contribution in [1.82, 2.24) is 5.32 Å². The highest BCUT2D eigenvalue weighted by atomic mass is 14.9. The van der Waals surface area contributed by atoms with Gasteiger partial charge < -0.3 is 5.32 Å². The molecule has 0 saturated heterocycles. The highest BCUT2D eigenvalue weighted by molar-refractivity contribution is 5.24. The van der Waals surface area contributed by atoms with E-state index in [1.807, 2.05) is 6.92 Å². The molecule has 0 bridgehead atoms. The van der Waals surface area contributed by atoms with Crippen LogP contribution in [0.4, 0.5) is 0 Å². The van der Waals surface area contributed by atoms with Crippen LogP contribution in [0.15, 0.2) is 17.3 Å². The molecule has 2 heteroatoms. The molecule has 2 nitrogen and oxygen atoms in total. The van der Waals surface area contributed by atoms with Crippen molar-refractivity contribution in [2.75, 3.05) is 13.1 Å². The van der Waals surface area contributed by atoms with Gasteiger partial charge in [-0.3, -0.25) is 4.99 Å². The van der Waals surface area contributed by atoms with Crippen LogP contribution in [0.3, 0.4) is 0 Å². The second-order valence-corrected chi connectivity index (χ2v) is 1.52. The van der Waals surface area contributed by atoms with Crippen molar-refractivity contribution < 1.29 is 0 Å². The molecule has 0 heterocycles. The van der Waals surface area contributed by atoms with Gasteiger partial charge in [0.1, 0.15) is 0 Å². The van der Waals surface area contributed by atoms with Gasteiger partial charge in [-0.15, -0.1) is 0 Å². The molecule has 0 unspecified atom stereocenters. The molecular weight excluding hydrogens is 100 g/mol. The van der Waals surface area contributed by atoms with E-state index in [1.54, 1.807) is 0 Å². The lowest BCUT2D eigenvalue weighted by atomic mass is 10.5. The SMILES string of the molecule is C=NCC(=C)NCC. The zero-order valence-electron chi connectivity index (χ0n) is 5.28. The maximum atomic E-state index is 3.69. The van der Waals surface area contributed by atoms with E-state index in [9.17, 15) is 0 Å². The topological polar surface area (TPSA) is 24.4 Å². The van der Waals surface area contributed by atoms with Crippen LogP contribution in [-0.4, -0.2) is 19.8 Å². The van der Waals surface area contributed by atoms with E-state index >= 15 is 0 Å². The molecule has 0 aromatic carbocycles. The summed E-state index contributed by atoms with van der Waals surface area (Å²) in [7, 11) is 0. The molecule has 0 amide bonds. The molecule has 0 aromatic heterocycles. The number of nitrogens with zero attached hydrogens (tertiary/aromatic N) is 1. The van der Waals surface area contributed by atoms with Gasteiger partial charge >= 0.3 is 0 Å². The van der Waals surface area contributed by atoms with Gasteiger partial charge in [-0.2, -0.15) is 0 Å². The second-order valence-electron chi connectivity index (χ2n) is 1.52. The molecule has 0 aliphatic rings. The van der Waals surface area contributed by atoms with Crippen molar-refractivity contribution in [3.05, 3.63) is 12.3 Å². The standard InChI is InChI=1S/C6H12N2/c1-4-8-6(2)5-7-3/h8H,2-5H2,1H3. The number of aliphatic imine (C=N–C) groups is 1. The minimum atomic E-state index is 0.619. The fourth-order valence-electron chi connectivity index (χ4n) is 0.441. The fourth-order valence-corrected chi connectivity index (χ4v) is 0.441. The van der Waals surface area contributed by atoms with E-state index in [0.717, 1.165) is 12.2 Å². The Kier molecular flexibility index (Phi) is 3.94. The molecule has 0 radical (unpaired) electrons. The number of nitrogens with one attached hydrogen (secondary N) is 1. The molecule has 0 saturated carbocycles. The summed E-state index contributed by atoms with van der Waals surface area (Å²) in [6.45, 7) is 10.6. The molecule has 8 heavy (non-hydrogen) atoms. The summed E-state index contributed by atoms with van der Waals surface area (Å²) in [6, 6.07) is 0. The van der Waals surface area contributed by atoms with Crippen LogP contribution in [-0.2, 0) is 0 Å². The summed E-state index contributed by atoms with van der Waals surface area (Å²) in [6.07, 6.45) is 0. The van der Waals surface area contributed by atoms with Crippen molar-refractivity contribution in [3.63, 3.8) is 0 Å². The lowest BCUT2D eigenvalue weighted by Gasteiger charge is -2.00. The Morgan fingerprint density at radius 3 is 2.75 bits per heavy atom. The van der Waals surface area contributed by atoms with E-state index in [2.05, 4.69) is 23.6 Å². The summed E-state index contributed by atoms with van der Waals surface area (Å²) in [4.78, 5) is 3.64. The summed E-state index contributed by atoms with van der Waals surface area (Å²) < 4.78 is 0. The molecule has 0 atom stereocenters. The predicted molar refractivity (Wildman–Crippen MR) is 37.2 cm³/mol. The van der Waals surface area contributed by atoms with Crippen molar-refractivity contribution >= 4 is 6.72 Å². The Labute approximate surface area is 50.3 Å². The first kappa shape index (κ1) is 7.21. The van der Waals surface area contributed by atoms with Gasteiger partial charge in [-0.25, -0.2) is 0 Å².